The van der Waals surface area contributed by atoms with Gasteiger partial charge in [-0.15, -0.1) is 0 Å². The van der Waals surface area contributed by atoms with Crippen molar-refractivity contribution in [3.8, 4) is 0 Å². The fourth-order valence-electron chi connectivity index (χ4n) is 5.22. The normalized spacial score (nSPS) is 13.6. The van der Waals surface area contributed by atoms with Crippen molar-refractivity contribution in [1.82, 2.24) is 0 Å². The molecule has 4 aromatic carbocycles. The van der Waals surface area contributed by atoms with Crippen LogP contribution < -0.4 is 21.2 Å². The van der Waals surface area contributed by atoms with Gasteiger partial charge in [-0.1, -0.05) is 153 Å². The van der Waals surface area contributed by atoms with Gasteiger partial charge < -0.3 is 0 Å². The van der Waals surface area contributed by atoms with Gasteiger partial charge in [-0.05, 0) is 67.1 Å². The molecule has 2 heteroatoms. The third-order valence-corrected chi connectivity index (χ3v) is 12.8. The monoisotopic (exact) mass is 504 g/mol. The van der Waals surface area contributed by atoms with Crippen molar-refractivity contribution in [1.29, 1.82) is 0 Å². The quantitative estimate of drug-likeness (QED) is 0.198. The van der Waals surface area contributed by atoms with Crippen LogP contribution in [0.1, 0.15) is 13.3 Å². The topological polar surface area (TPSA) is 0 Å². The van der Waals surface area contributed by atoms with Gasteiger partial charge in [0.2, 0.25) is 0 Å². The van der Waals surface area contributed by atoms with Gasteiger partial charge in [-0.2, -0.15) is 0 Å². The van der Waals surface area contributed by atoms with Crippen molar-refractivity contribution in [2.75, 3.05) is 12.3 Å². The second kappa shape index (κ2) is 12.0. The number of benzene rings is 4. The molecule has 0 fully saturated rings. The molecule has 0 N–H and O–H groups in total. The zero-order valence-corrected chi connectivity index (χ0v) is 22.7. The van der Waals surface area contributed by atoms with Gasteiger partial charge in [-0.3, -0.25) is 0 Å². The third kappa shape index (κ3) is 6.31. The largest absolute Gasteiger partial charge is 0.0776 e. The van der Waals surface area contributed by atoms with Crippen molar-refractivity contribution in [2.45, 2.75) is 13.3 Å². The number of allylic oxidation sites excluding steroid dienone is 4. The van der Waals surface area contributed by atoms with Crippen LogP contribution in [-0.4, -0.2) is 12.3 Å². The fourth-order valence-corrected chi connectivity index (χ4v) is 10.9. The third-order valence-electron chi connectivity index (χ3n) is 6.91. The Morgan fingerprint density at radius 1 is 0.500 bits per heavy atom. The first kappa shape index (κ1) is 24.9. The van der Waals surface area contributed by atoms with Crippen LogP contribution in [0.15, 0.2) is 146 Å². The molecule has 1 aliphatic rings. The Labute approximate surface area is 219 Å². The van der Waals surface area contributed by atoms with Crippen LogP contribution in [0.2, 0.25) is 0 Å². The molecule has 0 aromatic heterocycles. The van der Waals surface area contributed by atoms with Gasteiger partial charge in [0.1, 0.15) is 0 Å². The molecule has 0 saturated carbocycles. The molecule has 0 saturated heterocycles. The van der Waals surface area contributed by atoms with Crippen LogP contribution in [0.25, 0.3) is 0 Å². The van der Waals surface area contributed by atoms with Gasteiger partial charge in [0.25, 0.3) is 0 Å². The molecule has 0 radical (unpaired) electrons. The molecule has 36 heavy (non-hydrogen) atoms. The Bertz CT molecular complexity index is 1090. The number of hydrogen-bond donors (Lipinski definition) is 0. The average Bonchev–Trinajstić information content (AvgIpc) is 3.45. The van der Waals surface area contributed by atoms with Crippen LogP contribution >= 0.6 is 15.8 Å². The maximum Gasteiger partial charge on any atom is -0.00418 e. The van der Waals surface area contributed by atoms with E-state index in [1.165, 1.54) is 40.0 Å². The van der Waals surface area contributed by atoms with E-state index in [4.69, 9.17) is 0 Å². The van der Waals surface area contributed by atoms with Crippen molar-refractivity contribution in [3.63, 3.8) is 0 Å². The van der Waals surface area contributed by atoms with E-state index >= 15 is 0 Å². The van der Waals surface area contributed by atoms with E-state index in [2.05, 4.69) is 153 Å². The lowest BCUT2D eigenvalue weighted by molar-refractivity contribution is 0.366. The molecular weight excluding hydrogens is 470 g/mol. The molecule has 0 nitrogen and oxygen atoms in total. The van der Waals surface area contributed by atoms with E-state index in [-0.39, 0.29) is 5.41 Å². The smallest absolute Gasteiger partial charge is 0.00418 e. The first-order valence-corrected chi connectivity index (χ1v) is 15.9. The summed E-state index contributed by atoms with van der Waals surface area (Å²) >= 11 is 0. The Balaban J connectivity index is 1.55. The van der Waals surface area contributed by atoms with E-state index in [1.54, 1.807) is 0 Å². The maximum absolute atomic E-state index is 2.56. The second-order valence-corrected chi connectivity index (χ2v) is 14.4. The van der Waals surface area contributed by atoms with Crippen molar-refractivity contribution < 1.29 is 0 Å². The first-order valence-electron chi connectivity index (χ1n) is 12.8. The highest BCUT2D eigenvalue weighted by atomic mass is 31.1. The molecule has 0 atom stereocenters. The summed E-state index contributed by atoms with van der Waals surface area (Å²) in [6, 6.07) is 44.9. The minimum absolute atomic E-state index is 0.179. The zero-order valence-electron chi connectivity index (χ0n) is 20.9. The average molecular weight is 505 g/mol. The number of rotatable bonds is 10. The summed E-state index contributed by atoms with van der Waals surface area (Å²) in [5.74, 6) is 0.516. The van der Waals surface area contributed by atoms with E-state index in [1.807, 2.05) is 0 Å². The highest BCUT2D eigenvalue weighted by molar-refractivity contribution is 7.74. The molecular formula is C34H34P2. The minimum atomic E-state index is -0.465. The first-order chi connectivity index (χ1) is 17.7. The Kier molecular flexibility index (Phi) is 8.28. The van der Waals surface area contributed by atoms with E-state index in [9.17, 15) is 0 Å². The lowest BCUT2D eigenvalue weighted by atomic mass is 9.85. The molecule has 0 heterocycles. The van der Waals surface area contributed by atoms with Gasteiger partial charge in [0.15, 0.2) is 0 Å². The summed E-state index contributed by atoms with van der Waals surface area (Å²) < 4.78 is 0. The summed E-state index contributed by atoms with van der Waals surface area (Å²) in [7, 11) is -0.931. The Hall–Kier alpha value is -2.78. The van der Waals surface area contributed by atoms with Gasteiger partial charge in [-0.25, -0.2) is 0 Å². The molecule has 5 rings (SSSR count). The van der Waals surface area contributed by atoms with Gasteiger partial charge in [0, 0.05) is 0 Å². The predicted molar refractivity (Wildman–Crippen MR) is 162 cm³/mol. The molecule has 0 aliphatic heterocycles. The van der Waals surface area contributed by atoms with E-state index in [0.29, 0.717) is 5.92 Å². The van der Waals surface area contributed by atoms with Crippen molar-refractivity contribution in [2.24, 2.45) is 11.3 Å². The SMILES string of the molecule is CC(CC1C=CC=C1)(CP(c1ccccc1)c1ccccc1)CP(c1ccccc1)c1ccccc1. The van der Waals surface area contributed by atoms with Crippen LogP contribution in [0.3, 0.4) is 0 Å². The molecule has 0 amide bonds. The maximum atomic E-state index is 2.56. The van der Waals surface area contributed by atoms with Gasteiger partial charge in [0.05, 0.1) is 0 Å². The lowest BCUT2D eigenvalue weighted by Gasteiger charge is -2.38. The highest BCUT2D eigenvalue weighted by Crippen LogP contribution is 2.50. The van der Waals surface area contributed by atoms with Crippen LogP contribution in [0, 0.1) is 11.3 Å². The van der Waals surface area contributed by atoms with E-state index in [0.717, 1.165) is 0 Å². The van der Waals surface area contributed by atoms with Gasteiger partial charge >= 0.3 is 0 Å². The van der Waals surface area contributed by atoms with Crippen LogP contribution in [-0.2, 0) is 0 Å². The highest BCUT2D eigenvalue weighted by Gasteiger charge is 2.35. The van der Waals surface area contributed by atoms with Crippen LogP contribution in [0.5, 0.6) is 0 Å². The summed E-state index contributed by atoms with van der Waals surface area (Å²) in [5.41, 5.74) is 0.179. The molecule has 4 aromatic rings. The Morgan fingerprint density at radius 3 is 1.11 bits per heavy atom. The predicted octanol–water partition coefficient (Wildman–Crippen LogP) is 7.39. The van der Waals surface area contributed by atoms with Crippen molar-refractivity contribution >= 4 is 37.1 Å². The standard InChI is InChI=1S/C34H34P2/c1-34(26-29-16-14-15-17-29,27-35(30-18-6-2-7-19-30)31-20-8-3-9-21-31)28-36(32-22-10-4-11-23-32)33-24-12-5-13-25-33/h2-25,29H,26-28H2,1H3. The molecule has 1 aliphatic carbocycles. The zero-order chi connectivity index (χ0) is 24.6. The fraction of sp³-hybridized carbons (Fsp3) is 0.176. The number of hydrogen-bond acceptors (Lipinski definition) is 0. The van der Waals surface area contributed by atoms with Crippen LogP contribution in [0.4, 0.5) is 0 Å². The minimum Gasteiger partial charge on any atom is -0.0776 e. The molecule has 0 bridgehead atoms. The summed E-state index contributed by atoms with van der Waals surface area (Å²) in [6.45, 7) is 2.56. The summed E-state index contributed by atoms with van der Waals surface area (Å²) in [5, 5.41) is 5.91. The molecule has 0 spiro atoms. The van der Waals surface area contributed by atoms with Crippen molar-refractivity contribution in [3.05, 3.63) is 146 Å². The Morgan fingerprint density at radius 2 is 0.806 bits per heavy atom. The summed E-state index contributed by atoms with van der Waals surface area (Å²) in [6.07, 6.45) is 12.8. The molecule has 0 unspecified atom stereocenters. The summed E-state index contributed by atoms with van der Waals surface area (Å²) in [4.78, 5) is 0. The molecule has 180 valence electrons. The second-order valence-electron chi connectivity index (χ2n) is 9.96. The lowest BCUT2D eigenvalue weighted by Crippen LogP contribution is -2.33. The van der Waals surface area contributed by atoms with E-state index < -0.39 is 15.8 Å².